The van der Waals surface area contributed by atoms with Crippen LogP contribution in [-0.2, 0) is 4.79 Å². The Bertz CT molecular complexity index is 933. The number of halogens is 2. The van der Waals surface area contributed by atoms with Gasteiger partial charge in [0.2, 0.25) is 0 Å². The van der Waals surface area contributed by atoms with Crippen molar-refractivity contribution in [3.63, 3.8) is 0 Å². The molecule has 0 aliphatic carbocycles. The topological polar surface area (TPSA) is 96.0 Å². The average molecular weight is 376 g/mol. The molecule has 0 atom stereocenters. The van der Waals surface area contributed by atoms with Crippen molar-refractivity contribution in [2.45, 2.75) is 6.92 Å². The number of carbonyl (C=O) groups excluding carboxylic acids is 1. The molecule has 6 nitrogen and oxygen atoms in total. The lowest BCUT2D eigenvalue weighted by Crippen LogP contribution is -2.13. The molecule has 0 aromatic heterocycles. The van der Waals surface area contributed by atoms with Gasteiger partial charge in [-0.15, -0.1) is 0 Å². The van der Waals surface area contributed by atoms with E-state index in [4.69, 9.17) is 23.2 Å². The Labute approximate surface area is 153 Å². The third-order valence-corrected chi connectivity index (χ3v) is 4.12. The summed E-state index contributed by atoms with van der Waals surface area (Å²) in [7, 11) is 0. The van der Waals surface area contributed by atoms with E-state index in [1.807, 2.05) is 0 Å². The fourth-order valence-corrected chi connectivity index (χ4v) is 2.37. The van der Waals surface area contributed by atoms with Crippen molar-refractivity contribution < 1.29 is 9.72 Å². The number of hydrogen-bond acceptors (Lipinski definition) is 4. The molecule has 2 rings (SSSR count). The van der Waals surface area contributed by atoms with Crippen molar-refractivity contribution in [3.8, 4) is 6.07 Å². The van der Waals surface area contributed by atoms with Crippen LogP contribution >= 0.6 is 23.2 Å². The largest absolute Gasteiger partial charge is 0.320 e. The molecule has 0 aliphatic rings. The number of carbonyl (C=O) groups is 1. The zero-order valence-corrected chi connectivity index (χ0v) is 14.4. The first-order chi connectivity index (χ1) is 11.8. The molecule has 0 aliphatic heterocycles. The minimum Gasteiger partial charge on any atom is -0.320 e. The van der Waals surface area contributed by atoms with Gasteiger partial charge in [0, 0.05) is 11.6 Å². The van der Waals surface area contributed by atoms with Crippen LogP contribution in [0, 0.1) is 28.4 Å². The number of amides is 1. The minimum atomic E-state index is -0.699. The predicted molar refractivity (Wildman–Crippen MR) is 96.5 cm³/mol. The van der Waals surface area contributed by atoms with Gasteiger partial charge >= 0.3 is 0 Å². The molecule has 126 valence electrons. The van der Waals surface area contributed by atoms with Crippen LogP contribution in [0.5, 0.6) is 0 Å². The summed E-state index contributed by atoms with van der Waals surface area (Å²) in [4.78, 5) is 22.7. The lowest BCUT2D eigenvalue weighted by atomic mass is 10.1. The highest BCUT2D eigenvalue weighted by atomic mass is 35.5. The number of anilines is 1. The molecule has 2 aromatic rings. The molecule has 0 heterocycles. The Kier molecular flexibility index (Phi) is 5.75. The van der Waals surface area contributed by atoms with E-state index in [9.17, 15) is 20.2 Å². The maximum absolute atomic E-state index is 12.3. The lowest BCUT2D eigenvalue weighted by Gasteiger charge is -2.07. The van der Waals surface area contributed by atoms with Crippen molar-refractivity contribution in [2.75, 3.05) is 5.32 Å². The fourth-order valence-electron chi connectivity index (χ4n) is 2.02. The number of nitrogens with zero attached hydrogens (tertiary/aromatic N) is 2. The quantitative estimate of drug-likeness (QED) is 0.360. The number of nitro groups is 1. The smallest absolute Gasteiger partial charge is 0.272 e. The van der Waals surface area contributed by atoms with Crippen molar-refractivity contribution in [1.82, 2.24) is 0 Å². The molecule has 0 saturated carbocycles. The van der Waals surface area contributed by atoms with Gasteiger partial charge in [0.15, 0.2) is 0 Å². The van der Waals surface area contributed by atoms with E-state index < -0.39 is 10.8 Å². The highest BCUT2D eigenvalue weighted by molar-refractivity contribution is 6.44. The first kappa shape index (κ1) is 18.5. The second-order valence-electron chi connectivity index (χ2n) is 5.03. The third kappa shape index (κ3) is 4.35. The molecular formula is C17H11Cl2N3O3. The van der Waals surface area contributed by atoms with E-state index in [1.165, 1.54) is 18.2 Å². The maximum atomic E-state index is 12.3. The Morgan fingerprint density at radius 2 is 2.04 bits per heavy atom. The summed E-state index contributed by atoms with van der Waals surface area (Å²) in [6, 6.07) is 10.9. The van der Waals surface area contributed by atoms with E-state index in [0.717, 1.165) is 0 Å². The summed E-state index contributed by atoms with van der Waals surface area (Å²) < 4.78 is 0. The summed E-state index contributed by atoms with van der Waals surface area (Å²) in [5.41, 5.74) is 0.783. The molecule has 2 aromatic carbocycles. The van der Waals surface area contributed by atoms with E-state index in [0.29, 0.717) is 11.1 Å². The maximum Gasteiger partial charge on any atom is 0.272 e. The van der Waals surface area contributed by atoms with Crippen LogP contribution in [-0.4, -0.2) is 10.8 Å². The zero-order chi connectivity index (χ0) is 18.6. The van der Waals surface area contributed by atoms with Crippen LogP contribution in [0.25, 0.3) is 6.08 Å². The van der Waals surface area contributed by atoms with Gasteiger partial charge in [-0.25, -0.2) is 0 Å². The van der Waals surface area contributed by atoms with Gasteiger partial charge in [0.05, 0.1) is 20.7 Å². The summed E-state index contributed by atoms with van der Waals surface area (Å²) in [6.07, 6.45) is 1.26. The monoisotopic (exact) mass is 375 g/mol. The summed E-state index contributed by atoms with van der Waals surface area (Å²) >= 11 is 11.9. The van der Waals surface area contributed by atoms with Crippen molar-refractivity contribution in [1.29, 1.82) is 5.26 Å². The summed E-state index contributed by atoms with van der Waals surface area (Å²) in [5.74, 6) is -0.699. The summed E-state index contributed by atoms with van der Waals surface area (Å²) in [5, 5.41) is 23.1. The number of benzene rings is 2. The average Bonchev–Trinajstić information content (AvgIpc) is 2.57. The molecular weight excluding hydrogens is 365 g/mol. The van der Waals surface area contributed by atoms with Gasteiger partial charge in [-0.1, -0.05) is 41.4 Å². The van der Waals surface area contributed by atoms with Crippen LogP contribution in [0.1, 0.15) is 11.1 Å². The molecule has 0 bridgehead atoms. The number of nitrogens with one attached hydrogen (secondary N) is 1. The molecule has 8 heteroatoms. The normalized spacial score (nSPS) is 10.9. The number of nitro benzene ring substituents is 1. The van der Waals surface area contributed by atoms with Gasteiger partial charge < -0.3 is 5.32 Å². The second-order valence-corrected chi connectivity index (χ2v) is 5.81. The van der Waals surface area contributed by atoms with Crippen molar-refractivity contribution in [2.24, 2.45) is 0 Å². The van der Waals surface area contributed by atoms with Gasteiger partial charge in [-0.3, -0.25) is 14.9 Å². The van der Waals surface area contributed by atoms with Crippen LogP contribution in [0.2, 0.25) is 10.0 Å². The van der Waals surface area contributed by atoms with Crippen LogP contribution in [0.15, 0.2) is 42.0 Å². The van der Waals surface area contributed by atoms with Gasteiger partial charge in [-0.05, 0) is 30.7 Å². The van der Waals surface area contributed by atoms with Gasteiger partial charge in [0.25, 0.3) is 11.6 Å². The molecule has 0 fully saturated rings. The number of nitriles is 1. The first-order valence-corrected chi connectivity index (χ1v) is 7.71. The summed E-state index contributed by atoms with van der Waals surface area (Å²) in [6.45, 7) is 1.60. The number of aryl methyl sites for hydroxylation is 1. The Morgan fingerprint density at radius 3 is 2.68 bits per heavy atom. The molecule has 1 N–H and O–H groups in total. The fraction of sp³-hybridized carbons (Fsp3) is 0.0588. The van der Waals surface area contributed by atoms with E-state index >= 15 is 0 Å². The van der Waals surface area contributed by atoms with Gasteiger partial charge in [0.1, 0.15) is 11.6 Å². The minimum absolute atomic E-state index is 0.0932. The zero-order valence-electron chi connectivity index (χ0n) is 12.9. The Balaban J connectivity index is 2.33. The highest BCUT2D eigenvalue weighted by Crippen LogP contribution is 2.30. The van der Waals surface area contributed by atoms with Crippen molar-refractivity contribution in [3.05, 3.63) is 73.3 Å². The highest BCUT2D eigenvalue weighted by Gasteiger charge is 2.15. The third-order valence-electron chi connectivity index (χ3n) is 3.31. The Morgan fingerprint density at radius 1 is 1.32 bits per heavy atom. The number of hydrogen-bond donors (Lipinski definition) is 1. The second kappa shape index (κ2) is 7.79. The molecule has 0 radical (unpaired) electrons. The van der Waals surface area contributed by atoms with Crippen LogP contribution in [0.4, 0.5) is 11.4 Å². The van der Waals surface area contributed by atoms with Crippen LogP contribution < -0.4 is 5.32 Å². The van der Waals surface area contributed by atoms with Crippen LogP contribution in [0.3, 0.4) is 0 Å². The van der Waals surface area contributed by atoms with E-state index in [1.54, 1.807) is 37.3 Å². The molecule has 25 heavy (non-hydrogen) atoms. The Hall–Kier alpha value is -2.88. The molecule has 1 amide bonds. The first-order valence-electron chi connectivity index (χ1n) is 6.95. The SMILES string of the molecule is Cc1ccc(/C=C(\C#N)C(=O)Nc2cccc(Cl)c2Cl)cc1[N+](=O)[O-]. The number of rotatable bonds is 4. The van der Waals surface area contributed by atoms with E-state index in [-0.39, 0.29) is 27.0 Å². The molecule has 0 spiro atoms. The lowest BCUT2D eigenvalue weighted by molar-refractivity contribution is -0.385. The van der Waals surface area contributed by atoms with Gasteiger partial charge in [-0.2, -0.15) is 5.26 Å². The van der Waals surface area contributed by atoms with E-state index in [2.05, 4.69) is 5.32 Å². The standard InChI is InChI=1S/C17H11Cl2N3O3/c1-10-5-6-11(8-15(10)22(24)25)7-12(9-20)17(23)21-14-4-2-3-13(18)16(14)19/h2-8H,1H3,(H,21,23)/b12-7+. The molecule has 0 saturated heterocycles. The predicted octanol–water partition coefficient (Wildman–Crippen LogP) is 4.76. The van der Waals surface area contributed by atoms with Crippen molar-refractivity contribution >= 4 is 46.6 Å². The molecule has 0 unspecified atom stereocenters.